The maximum Gasteiger partial charge on any atom is 0.272 e. The first kappa shape index (κ1) is 22.9. The fraction of sp³-hybridized carbons (Fsp3) is 0.292. The molecule has 2 heterocycles. The topological polar surface area (TPSA) is 111 Å². The molecule has 1 amide bonds. The van der Waals surface area contributed by atoms with E-state index >= 15 is 0 Å². The lowest BCUT2D eigenvalue weighted by Crippen LogP contribution is -2.34. The standard InChI is InChI=1S/C24H29N5O3/c1-15-8-9-29(27-13-18-6-5-7-20(11-18)32-4)24(31)21(15)12-22(30)26-14-19-10-16(2)23(25)28-17(19)3/h5-11,27H,12-14H2,1-4H3,(H2,25,28)(H,26,30). The zero-order valence-corrected chi connectivity index (χ0v) is 18.9. The van der Waals surface area contributed by atoms with Crippen LogP contribution in [0.3, 0.4) is 0 Å². The summed E-state index contributed by atoms with van der Waals surface area (Å²) in [7, 11) is 1.61. The number of nitrogens with one attached hydrogen (secondary N) is 2. The number of nitrogens with zero attached hydrogens (tertiary/aromatic N) is 2. The third kappa shape index (κ3) is 5.46. The Balaban J connectivity index is 1.68. The zero-order valence-electron chi connectivity index (χ0n) is 18.9. The normalized spacial score (nSPS) is 10.6. The molecule has 0 saturated carbocycles. The summed E-state index contributed by atoms with van der Waals surface area (Å²) in [6.07, 6.45) is 1.66. The van der Waals surface area contributed by atoms with E-state index in [9.17, 15) is 9.59 Å². The van der Waals surface area contributed by atoms with Gasteiger partial charge in [0.25, 0.3) is 5.56 Å². The van der Waals surface area contributed by atoms with Crippen LogP contribution in [0.25, 0.3) is 0 Å². The van der Waals surface area contributed by atoms with Crippen LogP contribution >= 0.6 is 0 Å². The molecule has 0 radical (unpaired) electrons. The van der Waals surface area contributed by atoms with Gasteiger partial charge in [0.15, 0.2) is 0 Å². The Morgan fingerprint density at radius 2 is 1.91 bits per heavy atom. The minimum absolute atomic E-state index is 0.00717. The molecule has 0 unspecified atom stereocenters. The van der Waals surface area contributed by atoms with Gasteiger partial charge in [0.05, 0.1) is 20.1 Å². The van der Waals surface area contributed by atoms with Crippen LogP contribution < -0.4 is 26.8 Å². The van der Waals surface area contributed by atoms with Gasteiger partial charge < -0.3 is 21.2 Å². The number of anilines is 1. The number of nitrogens with two attached hydrogens (primary N) is 1. The smallest absolute Gasteiger partial charge is 0.272 e. The van der Waals surface area contributed by atoms with E-state index in [4.69, 9.17) is 10.5 Å². The molecule has 0 aliphatic rings. The van der Waals surface area contributed by atoms with Crippen molar-refractivity contribution in [3.63, 3.8) is 0 Å². The van der Waals surface area contributed by atoms with Crippen LogP contribution in [0.1, 0.15) is 33.5 Å². The summed E-state index contributed by atoms with van der Waals surface area (Å²) in [5.41, 5.74) is 13.4. The van der Waals surface area contributed by atoms with Gasteiger partial charge in [0, 0.05) is 24.0 Å². The monoisotopic (exact) mass is 435 g/mol. The number of aromatic nitrogens is 2. The Hall–Kier alpha value is -3.81. The van der Waals surface area contributed by atoms with E-state index in [-0.39, 0.29) is 17.9 Å². The van der Waals surface area contributed by atoms with Crippen molar-refractivity contribution in [2.45, 2.75) is 40.3 Å². The van der Waals surface area contributed by atoms with Crippen molar-refractivity contribution in [2.24, 2.45) is 0 Å². The summed E-state index contributed by atoms with van der Waals surface area (Å²) < 4.78 is 6.64. The molecule has 1 aromatic carbocycles. The van der Waals surface area contributed by atoms with Crippen LogP contribution in [0, 0.1) is 20.8 Å². The van der Waals surface area contributed by atoms with Crippen molar-refractivity contribution in [3.8, 4) is 5.75 Å². The van der Waals surface area contributed by atoms with E-state index in [0.717, 1.165) is 33.7 Å². The number of pyridine rings is 2. The molecule has 32 heavy (non-hydrogen) atoms. The quantitative estimate of drug-likeness (QED) is 0.501. The van der Waals surface area contributed by atoms with Gasteiger partial charge >= 0.3 is 0 Å². The fourth-order valence-corrected chi connectivity index (χ4v) is 3.34. The first-order valence-electron chi connectivity index (χ1n) is 10.4. The number of amides is 1. The Bertz CT molecular complexity index is 1190. The highest BCUT2D eigenvalue weighted by molar-refractivity contribution is 5.78. The molecule has 3 aromatic rings. The number of nitrogen functional groups attached to an aromatic ring is 1. The van der Waals surface area contributed by atoms with E-state index in [0.29, 0.717) is 24.5 Å². The molecule has 8 nitrogen and oxygen atoms in total. The summed E-state index contributed by atoms with van der Waals surface area (Å²) in [6, 6.07) is 11.3. The lowest BCUT2D eigenvalue weighted by molar-refractivity contribution is -0.120. The molecule has 4 N–H and O–H groups in total. The molecule has 2 aromatic heterocycles. The van der Waals surface area contributed by atoms with Crippen molar-refractivity contribution in [1.82, 2.24) is 15.0 Å². The lowest BCUT2D eigenvalue weighted by atomic mass is 10.1. The lowest BCUT2D eigenvalue weighted by Gasteiger charge is -2.14. The fourth-order valence-electron chi connectivity index (χ4n) is 3.34. The molecule has 3 rings (SSSR count). The third-order valence-electron chi connectivity index (χ3n) is 5.38. The van der Waals surface area contributed by atoms with E-state index in [1.54, 1.807) is 13.3 Å². The van der Waals surface area contributed by atoms with Gasteiger partial charge in [-0.1, -0.05) is 12.1 Å². The van der Waals surface area contributed by atoms with E-state index in [1.807, 2.05) is 57.2 Å². The second-order valence-corrected chi connectivity index (χ2v) is 7.73. The van der Waals surface area contributed by atoms with Crippen LogP contribution in [-0.4, -0.2) is 22.7 Å². The Kier molecular flexibility index (Phi) is 7.14. The van der Waals surface area contributed by atoms with E-state index in [2.05, 4.69) is 15.7 Å². The summed E-state index contributed by atoms with van der Waals surface area (Å²) in [6.45, 7) is 6.32. The van der Waals surface area contributed by atoms with Crippen molar-refractivity contribution in [3.05, 3.63) is 86.5 Å². The summed E-state index contributed by atoms with van der Waals surface area (Å²) in [4.78, 5) is 29.8. The van der Waals surface area contributed by atoms with Gasteiger partial charge in [0.2, 0.25) is 5.91 Å². The molecule has 0 fully saturated rings. The highest BCUT2D eigenvalue weighted by Crippen LogP contribution is 2.14. The second kappa shape index (κ2) is 10.00. The van der Waals surface area contributed by atoms with Gasteiger partial charge in [-0.2, -0.15) is 0 Å². The molecular formula is C24H29N5O3. The average Bonchev–Trinajstić information content (AvgIpc) is 2.77. The molecule has 8 heteroatoms. The van der Waals surface area contributed by atoms with Crippen LogP contribution in [0.4, 0.5) is 5.82 Å². The van der Waals surface area contributed by atoms with Crippen LogP contribution in [0.2, 0.25) is 0 Å². The molecule has 0 atom stereocenters. The molecule has 0 aliphatic heterocycles. The zero-order chi connectivity index (χ0) is 23.3. The van der Waals surface area contributed by atoms with Gasteiger partial charge in [0.1, 0.15) is 11.6 Å². The first-order chi connectivity index (χ1) is 15.3. The molecule has 0 spiro atoms. The Labute approximate surface area is 187 Å². The largest absolute Gasteiger partial charge is 0.497 e. The minimum atomic E-state index is -0.246. The molecular weight excluding hydrogens is 406 g/mol. The maximum atomic E-state index is 13.0. The third-order valence-corrected chi connectivity index (χ3v) is 5.38. The SMILES string of the molecule is COc1cccc(CNn2ccc(C)c(CC(=O)NCc3cc(C)c(N)nc3C)c2=O)c1. The van der Waals surface area contributed by atoms with E-state index < -0.39 is 0 Å². The highest BCUT2D eigenvalue weighted by atomic mass is 16.5. The van der Waals surface area contributed by atoms with Gasteiger partial charge in [-0.3, -0.25) is 9.59 Å². The molecule has 168 valence electrons. The maximum absolute atomic E-state index is 13.0. The number of carbonyl (C=O) groups excluding carboxylic acids is 1. The predicted molar refractivity (Wildman–Crippen MR) is 125 cm³/mol. The minimum Gasteiger partial charge on any atom is -0.497 e. The predicted octanol–water partition coefficient (Wildman–Crippen LogP) is 2.36. The number of ether oxygens (including phenoxy) is 1. The number of carbonyl (C=O) groups is 1. The highest BCUT2D eigenvalue weighted by Gasteiger charge is 2.13. The number of rotatable bonds is 8. The number of methoxy groups -OCH3 is 1. The number of hydrogen-bond donors (Lipinski definition) is 3. The van der Waals surface area contributed by atoms with Crippen molar-refractivity contribution in [1.29, 1.82) is 0 Å². The van der Waals surface area contributed by atoms with Crippen molar-refractivity contribution in [2.75, 3.05) is 18.3 Å². The summed E-state index contributed by atoms with van der Waals surface area (Å²) in [5.74, 6) is 1.00. The molecule has 0 saturated heterocycles. The van der Waals surface area contributed by atoms with Crippen LogP contribution in [-0.2, 0) is 24.3 Å². The van der Waals surface area contributed by atoms with Crippen LogP contribution in [0.5, 0.6) is 5.75 Å². The Morgan fingerprint density at radius 3 is 2.66 bits per heavy atom. The number of aryl methyl sites for hydroxylation is 3. The molecule has 0 aliphatic carbocycles. The second-order valence-electron chi connectivity index (χ2n) is 7.73. The Morgan fingerprint density at radius 1 is 1.12 bits per heavy atom. The average molecular weight is 436 g/mol. The summed E-state index contributed by atoms with van der Waals surface area (Å²) >= 11 is 0. The van der Waals surface area contributed by atoms with Crippen LogP contribution in [0.15, 0.2) is 47.4 Å². The van der Waals surface area contributed by atoms with E-state index in [1.165, 1.54) is 4.68 Å². The van der Waals surface area contributed by atoms with Gasteiger partial charge in [-0.15, -0.1) is 0 Å². The van der Waals surface area contributed by atoms with Gasteiger partial charge in [-0.25, -0.2) is 9.66 Å². The van der Waals surface area contributed by atoms with Crippen molar-refractivity contribution < 1.29 is 9.53 Å². The van der Waals surface area contributed by atoms with Crippen molar-refractivity contribution >= 4 is 11.7 Å². The number of benzene rings is 1. The first-order valence-corrected chi connectivity index (χ1v) is 10.4. The number of hydrogen-bond acceptors (Lipinski definition) is 6. The van der Waals surface area contributed by atoms with Gasteiger partial charge in [-0.05, 0) is 67.3 Å². The summed E-state index contributed by atoms with van der Waals surface area (Å²) in [5, 5.41) is 2.88. The molecule has 0 bridgehead atoms.